The highest BCUT2D eigenvalue weighted by atomic mass is 32.2. The van der Waals surface area contributed by atoms with Crippen LogP contribution in [0, 0.1) is 0 Å². The second kappa shape index (κ2) is 10.9. The van der Waals surface area contributed by atoms with Crippen LogP contribution in [-0.4, -0.2) is 41.2 Å². The zero-order chi connectivity index (χ0) is 24.7. The molecule has 9 heteroatoms. The second-order valence-corrected chi connectivity index (χ2v) is 9.47. The van der Waals surface area contributed by atoms with Crippen LogP contribution in [0.4, 0.5) is 11.4 Å². The minimum absolute atomic E-state index is 0.0293. The maximum Gasteiger partial charge on any atom is 0.264 e. The lowest BCUT2D eigenvalue weighted by molar-refractivity contribution is -0.114. The van der Waals surface area contributed by atoms with Crippen LogP contribution in [0.25, 0.3) is 0 Å². The number of amides is 1. The fraction of sp³-hybridized carbons (Fsp3) is 0.240. The van der Waals surface area contributed by atoms with E-state index in [-0.39, 0.29) is 16.7 Å². The SMILES string of the molecule is COc1ccc(S(=O)(=O)N(CC(=O)Nc2ccc(OC(C)C)cc2)c2ccccc2)cc1OC. The Hall–Kier alpha value is -3.72. The maximum atomic E-state index is 13.6. The standard InChI is InChI=1S/C25H28N2O6S/c1-18(2)33-21-12-10-19(11-13-21)26-25(28)17-27(20-8-6-5-7-9-20)34(29,30)22-14-15-23(31-3)24(16-22)32-4/h5-16,18H,17H2,1-4H3,(H,26,28). The number of nitrogens with zero attached hydrogens (tertiary/aromatic N) is 1. The fourth-order valence-corrected chi connectivity index (χ4v) is 4.67. The molecule has 34 heavy (non-hydrogen) atoms. The Kier molecular flexibility index (Phi) is 8.01. The molecule has 0 spiro atoms. The molecular formula is C25H28N2O6S. The van der Waals surface area contributed by atoms with Gasteiger partial charge in [0.05, 0.1) is 30.9 Å². The van der Waals surface area contributed by atoms with Crippen molar-refractivity contribution in [2.75, 3.05) is 30.4 Å². The van der Waals surface area contributed by atoms with E-state index in [1.807, 2.05) is 13.8 Å². The number of sulfonamides is 1. The number of carbonyl (C=O) groups excluding carboxylic acids is 1. The van der Waals surface area contributed by atoms with Gasteiger partial charge in [0.25, 0.3) is 10.0 Å². The molecule has 0 bridgehead atoms. The Labute approximate surface area is 200 Å². The van der Waals surface area contributed by atoms with Crippen molar-refractivity contribution in [1.29, 1.82) is 0 Å². The van der Waals surface area contributed by atoms with Crippen molar-refractivity contribution in [2.24, 2.45) is 0 Å². The zero-order valence-electron chi connectivity index (χ0n) is 19.5. The Morgan fingerprint density at radius 3 is 2.15 bits per heavy atom. The molecule has 0 heterocycles. The van der Waals surface area contributed by atoms with Crippen molar-refractivity contribution in [2.45, 2.75) is 24.8 Å². The van der Waals surface area contributed by atoms with Gasteiger partial charge in [0.1, 0.15) is 12.3 Å². The predicted octanol–water partition coefficient (Wildman–Crippen LogP) is 4.33. The van der Waals surface area contributed by atoms with Gasteiger partial charge >= 0.3 is 0 Å². The first-order valence-corrected chi connectivity index (χ1v) is 12.0. The van der Waals surface area contributed by atoms with Crippen molar-refractivity contribution >= 4 is 27.3 Å². The highest BCUT2D eigenvalue weighted by molar-refractivity contribution is 7.92. The van der Waals surface area contributed by atoms with E-state index in [2.05, 4.69) is 5.32 Å². The van der Waals surface area contributed by atoms with Gasteiger partial charge in [0, 0.05) is 11.8 Å². The van der Waals surface area contributed by atoms with Crippen molar-refractivity contribution in [1.82, 2.24) is 0 Å². The lowest BCUT2D eigenvalue weighted by Gasteiger charge is -2.24. The minimum Gasteiger partial charge on any atom is -0.493 e. The van der Waals surface area contributed by atoms with Crippen LogP contribution in [0.5, 0.6) is 17.2 Å². The molecule has 0 radical (unpaired) electrons. The molecule has 0 unspecified atom stereocenters. The van der Waals surface area contributed by atoms with Gasteiger partial charge in [-0.1, -0.05) is 18.2 Å². The van der Waals surface area contributed by atoms with E-state index in [0.29, 0.717) is 22.9 Å². The number of carbonyl (C=O) groups is 1. The summed E-state index contributed by atoms with van der Waals surface area (Å²) >= 11 is 0. The maximum absolute atomic E-state index is 13.6. The van der Waals surface area contributed by atoms with Crippen LogP contribution in [0.15, 0.2) is 77.7 Å². The molecular weight excluding hydrogens is 456 g/mol. The average Bonchev–Trinajstić information content (AvgIpc) is 2.83. The lowest BCUT2D eigenvalue weighted by atomic mass is 10.3. The number of hydrogen-bond donors (Lipinski definition) is 1. The van der Waals surface area contributed by atoms with Gasteiger partial charge in [-0.05, 0) is 62.4 Å². The molecule has 0 saturated carbocycles. The molecule has 3 aromatic rings. The number of para-hydroxylation sites is 1. The molecule has 0 atom stereocenters. The molecule has 8 nitrogen and oxygen atoms in total. The summed E-state index contributed by atoms with van der Waals surface area (Å²) in [5, 5.41) is 2.74. The largest absolute Gasteiger partial charge is 0.493 e. The molecule has 3 aromatic carbocycles. The highest BCUT2D eigenvalue weighted by Crippen LogP contribution is 2.32. The van der Waals surface area contributed by atoms with Crippen LogP contribution < -0.4 is 23.8 Å². The average molecular weight is 485 g/mol. The number of rotatable bonds is 10. The van der Waals surface area contributed by atoms with Gasteiger partial charge in [-0.25, -0.2) is 8.42 Å². The van der Waals surface area contributed by atoms with Gasteiger partial charge in [-0.2, -0.15) is 0 Å². The van der Waals surface area contributed by atoms with Crippen molar-refractivity contribution in [3.63, 3.8) is 0 Å². The quantitative estimate of drug-likeness (QED) is 0.461. The van der Waals surface area contributed by atoms with Gasteiger partial charge in [0.2, 0.25) is 5.91 Å². The third kappa shape index (κ3) is 5.99. The normalized spacial score (nSPS) is 11.1. The molecule has 3 rings (SSSR count). The van der Waals surface area contributed by atoms with Crippen LogP contribution >= 0.6 is 0 Å². The minimum atomic E-state index is -4.10. The Balaban J connectivity index is 1.87. The Morgan fingerprint density at radius 2 is 1.56 bits per heavy atom. The smallest absolute Gasteiger partial charge is 0.264 e. The molecule has 180 valence electrons. The van der Waals surface area contributed by atoms with Gasteiger partial charge in [-0.15, -0.1) is 0 Å². The number of benzene rings is 3. The summed E-state index contributed by atoms with van der Waals surface area (Å²) in [5.74, 6) is 0.848. The zero-order valence-corrected chi connectivity index (χ0v) is 20.3. The number of nitrogens with one attached hydrogen (secondary N) is 1. The van der Waals surface area contributed by atoms with E-state index in [0.717, 1.165) is 4.31 Å². The molecule has 0 saturated heterocycles. The molecule has 1 N–H and O–H groups in total. The van der Waals surface area contributed by atoms with Crippen LogP contribution in [0.2, 0.25) is 0 Å². The summed E-state index contributed by atoms with van der Waals surface area (Å²) in [6, 6.07) is 19.6. The van der Waals surface area contributed by atoms with Crippen LogP contribution in [-0.2, 0) is 14.8 Å². The van der Waals surface area contributed by atoms with E-state index < -0.39 is 22.5 Å². The summed E-state index contributed by atoms with van der Waals surface area (Å²) < 4.78 is 44.3. The Bertz CT molecular complexity index is 1210. The lowest BCUT2D eigenvalue weighted by Crippen LogP contribution is -2.38. The summed E-state index contributed by atoms with van der Waals surface area (Å²) in [7, 11) is -1.21. The van der Waals surface area contributed by atoms with E-state index >= 15 is 0 Å². The topological polar surface area (TPSA) is 94.2 Å². The molecule has 1 amide bonds. The number of hydrogen-bond acceptors (Lipinski definition) is 6. The molecule has 0 aromatic heterocycles. The number of anilines is 2. The van der Waals surface area contributed by atoms with Crippen LogP contribution in [0.1, 0.15) is 13.8 Å². The number of ether oxygens (including phenoxy) is 3. The van der Waals surface area contributed by atoms with E-state index in [9.17, 15) is 13.2 Å². The predicted molar refractivity (Wildman–Crippen MR) is 131 cm³/mol. The molecule has 0 aliphatic rings. The van der Waals surface area contributed by atoms with Crippen molar-refractivity contribution < 1.29 is 27.4 Å². The third-order valence-electron chi connectivity index (χ3n) is 4.78. The summed E-state index contributed by atoms with van der Waals surface area (Å²) in [6.45, 7) is 3.42. The summed E-state index contributed by atoms with van der Waals surface area (Å²) in [5.41, 5.74) is 0.880. The van der Waals surface area contributed by atoms with Crippen LogP contribution in [0.3, 0.4) is 0 Å². The molecule has 0 aliphatic heterocycles. The summed E-state index contributed by atoms with van der Waals surface area (Å²) in [4.78, 5) is 12.8. The van der Waals surface area contributed by atoms with E-state index in [1.54, 1.807) is 54.6 Å². The van der Waals surface area contributed by atoms with E-state index in [4.69, 9.17) is 14.2 Å². The monoisotopic (exact) mass is 484 g/mol. The van der Waals surface area contributed by atoms with E-state index in [1.165, 1.54) is 32.4 Å². The number of methoxy groups -OCH3 is 2. The Morgan fingerprint density at radius 1 is 0.912 bits per heavy atom. The first-order valence-electron chi connectivity index (χ1n) is 10.6. The highest BCUT2D eigenvalue weighted by Gasteiger charge is 2.28. The second-order valence-electron chi connectivity index (χ2n) is 7.60. The summed E-state index contributed by atoms with van der Waals surface area (Å²) in [6.07, 6.45) is 0.0293. The van der Waals surface area contributed by atoms with Gasteiger partial charge in [0.15, 0.2) is 11.5 Å². The first-order chi connectivity index (χ1) is 16.2. The third-order valence-corrected chi connectivity index (χ3v) is 6.55. The first kappa shape index (κ1) is 24.9. The van der Waals surface area contributed by atoms with Crippen molar-refractivity contribution in [3.05, 3.63) is 72.8 Å². The fourth-order valence-electron chi connectivity index (χ4n) is 3.23. The van der Waals surface area contributed by atoms with Gasteiger partial charge < -0.3 is 19.5 Å². The van der Waals surface area contributed by atoms with Gasteiger partial charge in [-0.3, -0.25) is 9.10 Å². The van der Waals surface area contributed by atoms with Crippen molar-refractivity contribution in [3.8, 4) is 17.2 Å². The molecule has 0 aliphatic carbocycles. The molecule has 0 fully saturated rings.